The molecule has 0 aliphatic carbocycles. The third kappa shape index (κ3) is 4.40. The van der Waals surface area contributed by atoms with Crippen LogP contribution in [0.25, 0.3) is 0 Å². The van der Waals surface area contributed by atoms with Crippen LogP contribution < -0.4 is 15.8 Å². The Hall–Kier alpha value is -3.75. The number of carbonyl (C=O) groups is 3. The SMILES string of the molecule is Cc1ccc(N2C[C@@H](C(=O)NNC(=O)c3cccc([N+](=O)[O-])c3)CC2=O)cc1C. The number of anilines is 1. The summed E-state index contributed by atoms with van der Waals surface area (Å²) in [6.07, 6.45) is 0.0332. The molecular weight excluding hydrogens is 376 g/mol. The van der Waals surface area contributed by atoms with E-state index in [2.05, 4.69) is 10.9 Å². The van der Waals surface area contributed by atoms with Gasteiger partial charge in [-0.25, -0.2) is 0 Å². The summed E-state index contributed by atoms with van der Waals surface area (Å²) >= 11 is 0. The molecule has 0 spiro atoms. The molecule has 2 N–H and O–H groups in total. The summed E-state index contributed by atoms with van der Waals surface area (Å²) in [4.78, 5) is 48.6. The molecule has 1 aliphatic heterocycles. The smallest absolute Gasteiger partial charge is 0.270 e. The van der Waals surface area contributed by atoms with Crippen LogP contribution in [0.3, 0.4) is 0 Å². The summed E-state index contributed by atoms with van der Waals surface area (Å²) in [7, 11) is 0. The number of hydrazine groups is 1. The fraction of sp³-hybridized carbons (Fsp3) is 0.250. The van der Waals surface area contributed by atoms with Gasteiger partial charge in [-0.3, -0.25) is 35.3 Å². The van der Waals surface area contributed by atoms with Crippen LogP contribution in [-0.4, -0.2) is 29.2 Å². The molecule has 2 aromatic carbocycles. The van der Waals surface area contributed by atoms with Crippen molar-refractivity contribution in [3.05, 3.63) is 69.3 Å². The molecule has 9 heteroatoms. The normalized spacial score (nSPS) is 15.9. The third-order valence-electron chi connectivity index (χ3n) is 4.92. The zero-order valence-corrected chi connectivity index (χ0v) is 16.0. The van der Waals surface area contributed by atoms with Gasteiger partial charge in [0, 0.05) is 36.3 Å². The topological polar surface area (TPSA) is 122 Å². The molecule has 1 fully saturated rings. The number of benzene rings is 2. The molecule has 3 amide bonds. The second-order valence-electron chi connectivity index (χ2n) is 6.92. The van der Waals surface area contributed by atoms with Crippen molar-refractivity contribution in [1.82, 2.24) is 10.9 Å². The average molecular weight is 396 g/mol. The Morgan fingerprint density at radius 3 is 2.55 bits per heavy atom. The highest BCUT2D eigenvalue weighted by Crippen LogP contribution is 2.26. The van der Waals surface area contributed by atoms with Gasteiger partial charge in [0.1, 0.15) is 0 Å². The molecule has 1 aliphatic rings. The molecule has 0 radical (unpaired) electrons. The Balaban J connectivity index is 1.60. The number of hydrogen-bond acceptors (Lipinski definition) is 5. The molecule has 0 bridgehead atoms. The van der Waals surface area contributed by atoms with E-state index >= 15 is 0 Å². The Morgan fingerprint density at radius 1 is 1.10 bits per heavy atom. The standard InChI is InChI=1S/C20H20N4O5/c1-12-6-7-16(8-13(12)2)23-11-15(10-18(23)25)20(27)22-21-19(26)14-4-3-5-17(9-14)24(28)29/h3-9,15H,10-11H2,1-2H3,(H,21,26)(H,22,27)/t15-/m0/s1. The summed E-state index contributed by atoms with van der Waals surface area (Å²) < 4.78 is 0. The van der Waals surface area contributed by atoms with E-state index in [1.165, 1.54) is 18.2 Å². The van der Waals surface area contributed by atoms with Crippen LogP contribution in [0.1, 0.15) is 27.9 Å². The number of amides is 3. The third-order valence-corrected chi connectivity index (χ3v) is 4.92. The van der Waals surface area contributed by atoms with Crippen molar-refractivity contribution >= 4 is 29.1 Å². The molecule has 2 aromatic rings. The van der Waals surface area contributed by atoms with Crippen molar-refractivity contribution in [3.63, 3.8) is 0 Å². The maximum Gasteiger partial charge on any atom is 0.270 e. The zero-order valence-electron chi connectivity index (χ0n) is 16.0. The van der Waals surface area contributed by atoms with Crippen molar-refractivity contribution in [3.8, 4) is 0 Å². The fourth-order valence-corrected chi connectivity index (χ4v) is 3.08. The lowest BCUT2D eigenvalue weighted by Gasteiger charge is -2.18. The van der Waals surface area contributed by atoms with E-state index in [1.807, 2.05) is 32.0 Å². The molecule has 0 aromatic heterocycles. The first-order valence-corrected chi connectivity index (χ1v) is 8.98. The van der Waals surface area contributed by atoms with E-state index in [0.29, 0.717) is 0 Å². The van der Waals surface area contributed by atoms with Gasteiger partial charge in [0.15, 0.2) is 0 Å². The van der Waals surface area contributed by atoms with Crippen LogP contribution in [0.4, 0.5) is 11.4 Å². The molecule has 1 atom stereocenters. The van der Waals surface area contributed by atoms with Crippen LogP contribution in [0.5, 0.6) is 0 Å². The Morgan fingerprint density at radius 2 is 1.86 bits per heavy atom. The summed E-state index contributed by atoms with van der Waals surface area (Å²) in [5.41, 5.74) is 7.24. The van der Waals surface area contributed by atoms with Gasteiger partial charge in [-0.2, -0.15) is 0 Å². The van der Waals surface area contributed by atoms with Crippen LogP contribution >= 0.6 is 0 Å². The second kappa shape index (κ2) is 8.09. The lowest BCUT2D eigenvalue weighted by atomic mass is 10.1. The van der Waals surface area contributed by atoms with Gasteiger partial charge in [-0.15, -0.1) is 0 Å². The Labute approximate surface area is 166 Å². The number of nitrogens with zero attached hydrogens (tertiary/aromatic N) is 2. The van der Waals surface area contributed by atoms with Crippen molar-refractivity contribution in [2.45, 2.75) is 20.3 Å². The van der Waals surface area contributed by atoms with E-state index < -0.39 is 22.7 Å². The number of carbonyl (C=O) groups excluding carboxylic acids is 3. The molecular formula is C20H20N4O5. The zero-order chi connectivity index (χ0) is 21.1. The van der Waals surface area contributed by atoms with E-state index in [-0.39, 0.29) is 30.1 Å². The maximum atomic E-state index is 12.4. The van der Waals surface area contributed by atoms with Gasteiger partial charge in [0.25, 0.3) is 11.6 Å². The number of nitrogens with one attached hydrogen (secondary N) is 2. The minimum absolute atomic E-state index is 0.0332. The molecule has 9 nitrogen and oxygen atoms in total. The van der Waals surface area contributed by atoms with Crippen LogP contribution in [0, 0.1) is 29.9 Å². The summed E-state index contributed by atoms with van der Waals surface area (Å²) in [5, 5.41) is 10.8. The van der Waals surface area contributed by atoms with Crippen molar-refractivity contribution in [2.75, 3.05) is 11.4 Å². The largest absolute Gasteiger partial charge is 0.312 e. The number of non-ortho nitro benzene ring substituents is 1. The quantitative estimate of drug-likeness (QED) is 0.605. The van der Waals surface area contributed by atoms with Crippen molar-refractivity contribution in [1.29, 1.82) is 0 Å². The average Bonchev–Trinajstić information content (AvgIpc) is 3.09. The Bertz CT molecular complexity index is 1000. The van der Waals surface area contributed by atoms with E-state index in [4.69, 9.17) is 0 Å². The van der Waals surface area contributed by atoms with Gasteiger partial charge in [0.05, 0.1) is 10.8 Å². The first-order chi connectivity index (χ1) is 13.8. The molecule has 1 heterocycles. The Kier molecular flexibility index (Phi) is 5.58. The monoisotopic (exact) mass is 396 g/mol. The first kappa shape index (κ1) is 20.0. The second-order valence-corrected chi connectivity index (χ2v) is 6.92. The summed E-state index contributed by atoms with van der Waals surface area (Å²) in [5.74, 6) is -1.96. The summed E-state index contributed by atoms with van der Waals surface area (Å²) in [6.45, 7) is 4.14. The predicted octanol–water partition coefficient (Wildman–Crippen LogP) is 2.03. The molecule has 0 unspecified atom stereocenters. The lowest BCUT2D eigenvalue weighted by Crippen LogP contribution is -2.45. The number of aryl methyl sites for hydroxylation is 2. The van der Waals surface area contributed by atoms with Gasteiger partial charge in [-0.1, -0.05) is 12.1 Å². The number of hydrogen-bond donors (Lipinski definition) is 2. The van der Waals surface area contributed by atoms with Crippen LogP contribution in [0.2, 0.25) is 0 Å². The number of nitro groups is 1. The molecule has 1 saturated heterocycles. The van der Waals surface area contributed by atoms with Crippen LogP contribution in [0.15, 0.2) is 42.5 Å². The molecule has 0 saturated carbocycles. The number of rotatable bonds is 4. The van der Waals surface area contributed by atoms with E-state index in [1.54, 1.807) is 4.90 Å². The van der Waals surface area contributed by atoms with Crippen LogP contribution in [-0.2, 0) is 9.59 Å². The highest BCUT2D eigenvalue weighted by molar-refractivity contribution is 6.01. The highest BCUT2D eigenvalue weighted by Gasteiger charge is 2.35. The molecule has 150 valence electrons. The number of nitro benzene ring substituents is 1. The minimum atomic E-state index is -0.683. The van der Waals surface area contributed by atoms with Crippen molar-refractivity contribution < 1.29 is 19.3 Å². The first-order valence-electron chi connectivity index (χ1n) is 8.98. The lowest BCUT2D eigenvalue weighted by molar-refractivity contribution is -0.384. The minimum Gasteiger partial charge on any atom is -0.312 e. The fourth-order valence-electron chi connectivity index (χ4n) is 3.08. The van der Waals surface area contributed by atoms with E-state index in [9.17, 15) is 24.5 Å². The van der Waals surface area contributed by atoms with Gasteiger partial charge in [-0.05, 0) is 43.2 Å². The molecule has 29 heavy (non-hydrogen) atoms. The summed E-state index contributed by atoms with van der Waals surface area (Å²) in [6, 6.07) is 10.8. The maximum absolute atomic E-state index is 12.4. The van der Waals surface area contributed by atoms with Gasteiger partial charge >= 0.3 is 0 Å². The van der Waals surface area contributed by atoms with Crippen molar-refractivity contribution in [2.24, 2.45) is 5.92 Å². The van der Waals surface area contributed by atoms with E-state index in [0.717, 1.165) is 22.9 Å². The predicted molar refractivity (Wildman–Crippen MR) is 105 cm³/mol. The highest BCUT2D eigenvalue weighted by atomic mass is 16.6. The van der Waals surface area contributed by atoms with Gasteiger partial charge < -0.3 is 4.90 Å². The van der Waals surface area contributed by atoms with Gasteiger partial charge in [0.2, 0.25) is 11.8 Å². The molecule has 3 rings (SSSR count).